The van der Waals surface area contributed by atoms with Crippen LogP contribution in [0.3, 0.4) is 0 Å². The smallest absolute Gasteiger partial charge is 0.409 e. The number of aryl methyl sites for hydroxylation is 1. The quantitative estimate of drug-likeness (QED) is 0.546. The third kappa shape index (κ3) is 5.36. The van der Waals surface area contributed by atoms with Crippen molar-refractivity contribution < 1.29 is 17.9 Å². The molecule has 194 valence electrons. The van der Waals surface area contributed by atoms with Crippen LogP contribution in [-0.4, -0.2) is 69.2 Å². The lowest BCUT2D eigenvalue weighted by molar-refractivity contribution is 0.0534. The lowest BCUT2D eigenvalue weighted by Crippen LogP contribution is -2.53. The molecule has 1 unspecified atom stereocenters. The van der Waals surface area contributed by atoms with E-state index < -0.39 is 16.1 Å². The summed E-state index contributed by atoms with van der Waals surface area (Å²) < 4.78 is 34.6. The zero-order valence-corrected chi connectivity index (χ0v) is 22.1. The molecule has 0 spiro atoms. The Kier molecular flexibility index (Phi) is 7.74. The summed E-state index contributed by atoms with van der Waals surface area (Å²) in [5.74, 6) is 0. The maximum Gasteiger partial charge on any atom is 0.409 e. The van der Waals surface area contributed by atoms with Crippen molar-refractivity contribution in [2.24, 2.45) is 0 Å². The second kappa shape index (κ2) is 11.0. The number of para-hydroxylation sites is 1. The van der Waals surface area contributed by atoms with E-state index in [1.807, 2.05) is 24.3 Å². The molecule has 7 nitrogen and oxygen atoms in total. The number of amides is 1. The molecule has 2 aromatic carbocycles. The minimum Gasteiger partial charge on any atom is -0.447 e. The van der Waals surface area contributed by atoms with Crippen molar-refractivity contribution in [3.05, 3.63) is 59.1 Å². The predicted octanol–water partition coefficient (Wildman–Crippen LogP) is 4.94. The molecular formula is C27H34ClN3O4S. The van der Waals surface area contributed by atoms with Gasteiger partial charge in [0, 0.05) is 37.2 Å². The Balaban J connectivity index is 1.26. The SMILES string of the molecule is O=C(OCC1CCc2ccccc2N1S(=O)(=O)c1ccc(Cl)cc1)N1CCN(C2CCCCC2)CC1. The van der Waals surface area contributed by atoms with E-state index in [9.17, 15) is 13.2 Å². The first kappa shape index (κ1) is 25.4. The van der Waals surface area contributed by atoms with Crippen LogP contribution in [0.4, 0.5) is 10.5 Å². The monoisotopic (exact) mass is 531 g/mol. The van der Waals surface area contributed by atoms with Gasteiger partial charge >= 0.3 is 6.09 Å². The largest absolute Gasteiger partial charge is 0.447 e. The van der Waals surface area contributed by atoms with Gasteiger partial charge in [0.25, 0.3) is 10.0 Å². The summed E-state index contributed by atoms with van der Waals surface area (Å²) in [6.07, 6.45) is 7.38. The topological polar surface area (TPSA) is 70.2 Å². The lowest BCUT2D eigenvalue weighted by atomic mass is 9.94. The summed E-state index contributed by atoms with van der Waals surface area (Å²) >= 11 is 6.00. The molecule has 2 aliphatic heterocycles. The van der Waals surface area contributed by atoms with Crippen molar-refractivity contribution in [1.29, 1.82) is 0 Å². The van der Waals surface area contributed by atoms with Gasteiger partial charge in [0.2, 0.25) is 0 Å². The second-order valence-electron chi connectivity index (χ2n) is 9.97. The van der Waals surface area contributed by atoms with E-state index in [0.717, 1.165) is 25.1 Å². The Bertz CT molecular complexity index is 1160. The third-order valence-electron chi connectivity index (χ3n) is 7.74. The van der Waals surface area contributed by atoms with Gasteiger partial charge in [0.1, 0.15) is 6.61 Å². The van der Waals surface area contributed by atoms with Crippen molar-refractivity contribution in [1.82, 2.24) is 9.80 Å². The molecule has 2 heterocycles. The maximum atomic E-state index is 13.7. The highest BCUT2D eigenvalue weighted by molar-refractivity contribution is 7.92. The average Bonchev–Trinajstić information content (AvgIpc) is 2.92. The molecule has 1 atom stereocenters. The van der Waals surface area contributed by atoms with E-state index >= 15 is 0 Å². The highest BCUT2D eigenvalue weighted by Gasteiger charge is 2.37. The third-order valence-corrected chi connectivity index (χ3v) is 9.87. The summed E-state index contributed by atoms with van der Waals surface area (Å²) in [7, 11) is -3.87. The van der Waals surface area contributed by atoms with Gasteiger partial charge in [0.15, 0.2) is 0 Å². The predicted molar refractivity (Wildman–Crippen MR) is 141 cm³/mol. The van der Waals surface area contributed by atoms with Crippen LogP contribution in [0.15, 0.2) is 53.4 Å². The molecule has 36 heavy (non-hydrogen) atoms. The van der Waals surface area contributed by atoms with Crippen LogP contribution in [-0.2, 0) is 21.2 Å². The van der Waals surface area contributed by atoms with Crippen LogP contribution in [0, 0.1) is 0 Å². The molecule has 1 amide bonds. The number of hydrogen-bond donors (Lipinski definition) is 0. The van der Waals surface area contributed by atoms with Crippen molar-refractivity contribution in [3.63, 3.8) is 0 Å². The van der Waals surface area contributed by atoms with Crippen molar-refractivity contribution in [2.75, 3.05) is 37.1 Å². The molecule has 3 aliphatic rings. The molecule has 1 saturated carbocycles. The van der Waals surface area contributed by atoms with E-state index in [4.69, 9.17) is 16.3 Å². The normalized spacial score (nSPS) is 21.8. The molecule has 0 radical (unpaired) electrons. The number of rotatable bonds is 5. The van der Waals surface area contributed by atoms with Crippen LogP contribution in [0.2, 0.25) is 5.02 Å². The number of nitrogens with zero attached hydrogens (tertiary/aromatic N) is 3. The van der Waals surface area contributed by atoms with Gasteiger partial charge < -0.3 is 9.64 Å². The summed E-state index contributed by atoms with van der Waals surface area (Å²) in [6, 6.07) is 13.9. The van der Waals surface area contributed by atoms with Gasteiger partial charge in [-0.15, -0.1) is 0 Å². The Morgan fingerprint density at radius 1 is 0.917 bits per heavy atom. The molecule has 0 bridgehead atoms. The average molecular weight is 532 g/mol. The number of carbonyl (C=O) groups is 1. The minimum absolute atomic E-state index is 0.0167. The molecular weight excluding hydrogens is 498 g/mol. The van der Waals surface area contributed by atoms with Gasteiger partial charge in [-0.05, 0) is 61.6 Å². The minimum atomic E-state index is -3.87. The zero-order valence-electron chi connectivity index (χ0n) is 20.5. The van der Waals surface area contributed by atoms with Crippen molar-refractivity contribution in [2.45, 2.75) is 61.9 Å². The maximum absolute atomic E-state index is 13.7. The first-order chi connectivity index (χ1) is 17.4. The van der Waals surface area contributed by atoms with Crippen molar-refractivity contribution in [3.8, 4) is 0 Å². The summed E-state index contributed by atoms with van der Waals surface area (Å²) in [6.45, 7) is 3.05. The number of hydrogen-bond acceptors (Lipinski definition) is 5. The van der Waals surface area contributed by atoms with Gasteiger partial charge in [-0.3, -0.25) is 9.21 Å². The fourth-order valence-corrected chi connectivity index (χ4v) is 7.57. The summed E-state index contributed by atoms with van der Waals surface area (Å²) in [5, 5.41) is 0.474. The number of piperazine rings is 1. The highest BCUT2D eigenvalue weighted by atomic mass is 35.5. The molecule has 1 saturated heterocycles. The van der Waals surface area contributed by atoms with Crippen LogP contribution < -0.4 is 4.31 Å². The number of sulfonamides is 1. The number of halogens is 1. The molecule has 2 fully saturated rings. The zero-order chi connectivity index (χ0) is 25.1. The Morgan fingerprint density at radius 2 is 1.61 bits per heavy atom. The number of ether oxygens (including phenoxy) is 1. The Morgan fingerprint density at radius 3 is 2.33 bits per heavy atom. The summed E-state index contributed by atoms with van der Waals surface area (Å²) in [5.41, 5.74) is 1.61. The van der Waals surface area contributed by atoms with E-state index in [1.54, 1.807) is 17.0 Å². The standard InChI is InChI=1S/C27H34ClN3O4S/c28-22-11-14-25(15-12-22)36(33,34)31-24(13-10-21-6-4-5-9-26(21)31)20-35-27(32)30-18-16-29(17-19-30)23-7-2-1-3-8-23/h4-6,9,11-12,14-15,23-24H,1-3,7-8,10,13,16-20H2. The van der Waals surface area contributed by atoms with Crippen LogP contribution >= 0.6 is 11.6 Å². The lowest BCUT2D eigenvalue weighted by Gasteiger charge is -2.41. The van der Waals surface area contributed by atoms with Crippen molar-refractivity contribution >= 4 is 33.4 Å². The second-order valence-corrected chi connectivity index (χ2v) is 12.2. The molecule has 0 N–H and O–H groups in total. The first-order valence-corrected chi connectivity index (χ1v) is 14.8. The van der Waals surface area contributed by atoms with E-state index in [-0.39, 0.29) is 17.6 Å². The molecule has 9 heteroatoms. The van der Waals surface area contributed by atoms with Gasteiger partial charge in [0.05, 0.1) is 16.6 Å². The molecule has 0 aromatic heterocycles. The number of anilines is 1. The highest BCUT2D eigenvalue weighted by Crippen LogP contribution is 2.36. The van der Waals surface area contributed by atoms with Gasteiger partial charge in [-0.1, -0.05) is 49.1 Å². The van der Waals surface area contributed by atoms with Crippen LogP contribution in [0.25, 0.3) is 0 Å². The molecule has 5 rings (SSSR count). The number of carbonyl (C=O) groups excluding carboxylic acids is 1. The van der Waals surface area contributed by atoms with E-state index in [2.05, 4.69) is 4.90 Å². The number of benzene rings is 2. The Hall–Kier alpha value is -2.29. The van der Waals surface area contributed by atoms with Gasteiger partial charge in [-0.25, -0.2) is 13.2 Å². The molecule has 1 aliphatic carbocycles. The summed E-state index contributed by atoms with van der Waals surface area (Å²) in [4.78, 5) is 17.4. The number of fused-ring (bicyclic) bond motifs is 1. The van der Waals surface area contributed by atoms with Crippen LogP contribution in [0.5, 0.6) is 0 Å². The van der Waals surface area contributed by atoms with Crippen LogP contribution in [0.1, 0.15) is 44.1 Å². The van der Waals surface area contributed by atoms with E-state index in [0.29, 0.717) is 36.3 Å². The van der Waals surface area contributed by atoms with E-state index in [1.165, 1.54) is 48.5 Å². The first-order valence-electron chi connectivity index (χ1n) is 13.0. The fraction of sp³-hybridized carbons (Fsp3) is 0.519. The fourth-order valence-electron chi connectivity index (χ4n) is 5.74. The molecule has 2 aromatic rings. The van der Waals surface area contributed by atoms with Gasteiger partial charge in [-0.2, -0.15) is 0 Å². The Labute approximate surface area is 219 Å².